The molecule has 0 aromatic heterocycles. The first kappa shape index (κ1) is 26.5. The quantitative estimate of drug-likeness (QED) is 0.554. The molecule has 2 heterocycles. The Morgan fingerprint density at radius 1 is 1.17 bits per heavy atom. The van der Waals surface area contributed by atoms with Gasteiger partial charge in [-0.25, -0.2) is 35.1 Å². The summed E-state index contributed by atoms with van der Waals surface area (Å²) in [7, 11) is -4.11. The van der Waals surface area contributed by atoms with Crippen LogP contribution < -0.4 is 4.72 Å². The zero-order valence-electron chi connectivity index (χ0n) is 19.5. The van der Waals surface area contributed by atoms with Crippen LogP contribution in [0.1, 0.15) is 24.5 Å². The highest BCUT2D eigenvalue weighted by Gasteiger charge is 2.58. The maximum Gasteiger partial charge on any atom is 0.283 e. The smallest absolute Gasteiger partial charge is 0.283 e. The highest BCUT2D eigenvalue weighted by molar-refractivity contribution is 7.89. The van der Waals surface area contributed by atoms with E-state index >= 15 is 13.2 Å². The van der Waals surface area contributed by atoms with Crippen LogP contribution in [-0.2, 0) is 26.0 Å². The molecule has 1 N–H and O–H groups in total. The van der Waals surface area contributed by atoms with Crippen molar-refractivity contribution in [1.29, 1.82) is 0 Å². The largest absolute Gasteiger partial charge is 0.368 e. The number of carbonyl (C=O) groups excluding carboxylic acids is 1. The van der Waals surface area contributed by atoms with E-state index in [1.54, 1.807) is 0 Å². The molecular formula is C24H25F5N2O4S. The number of aryl methyl sites for hydroxylation is 1. The first-order valence-electron chi connectivity index (χ1n) is 11.4. The van der Waals surface area contributed by atoms with Crippen LogP contribution in [0.4, 0.5) is 22.0 Å². The van der Waals surface area contributed by atoms with Crippen LogP contribution in [0.25, 0.3) is 11.1 Å². The number of benzene rings is 2. The third-order valence-corrected chi connectivity index (χ3v) is 7.98. The Labute approximate surface area is 205 Å². The molecule has 0 bridgehead atoms. The van der Waals surface area contributed by atoms with Crippen molar-refractivity contribution in [3.8, 4) is 11.1 Å². The van der Waals surface area contributed by atoms with Gasteiger partial charge in [-0.2, -0.15) is 0 Å². The second-order valence-electron chi connectivity index (χ2n) is 9.01. The molecule has 12 heteroatoms. The topological polar surface area (TPSA) is 75.7 Å². The van der Waals surface area contributed by atoms with E-state index in [4.69, 9.17) is 4.74 Å². The highest BCUT2D eigenvalue weighted by atomic mass is 32.2. The van der Waals surface area contributed by atoms with Gasteiger partial charge in [0.15, 0.2) is 0 Å². The second-order valence-corrected chi connectivity index (χ2v) is 11.0. The Hall–Kier alpha value is -2.57. The van der Waals surface area contributed by atoms with Gasteiger partial charge in [-0.3, -0.25) is 4.79 Å². The van der Waals surface area contributed by atoms with E-state index in [2.05, 4.69) is 0 Å². The summed E-state index contributed by atoms with van der Waals surface area (Å²) in [5, 5.41) is 0. The van der Waals surface area contributed by atoms with Crippen LogP contribution in [0, 0.1) is 24.4 Å². The molecule has 1 unspecified atom stereocenters. The Bertz CT molecular complexity index is 1280. The van der Waals surface area contributed by atoms with Gasteiger partial charge in [0, 0.05) is 23.6 Å². The summed E-state index contributed by atoms with van der Waals surface area (Å²) >= 11 is 0. The molecule has 36 heavy (non-hydrogen) atoms. The Morgan fingerprint density at radius 2 is 1.86 bits per heavy atom. The average molecular weight is 533 g/mol. The van der Waals surface area contributed by atoms with E-state index in [1.165, 1.54) is 32.0 Å². The average Bonchev–Trinajstić information content (AvgIpc) is 3.01. The van der Waals surface area contributed by atoms with E-state index in [0.29, 0.717) is 12.5 Å². The van der Waals surface area contributed by atoms with Gasteiger partial charge >= 0.3 is 0 Å². The van der Waals surface area contributed by atoms with Crippen LogP contribution in [0.2, 0.25) is 0 Å². The molecule has 2 saturated heterocycles. The summed E-state index contributed by atoms with van der Waals surface area (Å²) in [6.45, 7) is 1.88. The van der Waals surface area contributed by atoms with E-state index in [-0.39, 0.29) is 28.9 Å². The molecular weight excluding hydrogens is 507 g/mol. The lowest BCUT2D eigenvalue weighted by molar-refractivity contribution is -0.158. The number of likely N-dealkylation sites (tertiary alicyclic amines) is 1. The summed E-state index contributed by atoms with van der Waals surface area (Å²) in [4.78, 5) is 13.7. The van der Waals surface area contributed by atoms with Gasteiger partial charge in [-0.1, -0.05) is 18.2 Å². The fourth-order valence-electron chi connectivity index (χ4n) is 4.46. The van der Waals surface area contributed by atoms with Crippen LogP contribution in [0.5, 0.6) is 0 Å². The third kappa shape index (κ3) is 4.98. The minimum atomic E-state index is -4.11. The van der Waals surface area contributed by atoms with Crippen molar-refractivity contribution in [2.24, 2.45) is 0 Å². The van der Waals surface area contributed by atoms with Gasteiger partial charge in [-0.05, 0) is 37.5 Å². The number of rotatable bonds is 7. The van der Waals surface area contributed by atoms with Crippen LogP contribution in [0.3, 0.4) is 0 Å². The molecule has 0 spiro atoms. The van der Waals surface area contributed by atoms with Crippen molar-refractivity contribution >= 4 is 15.9 Å². The molecule has 3 atom stereocenters. The lowest BCUT2D eigenvalue weighted by atomic mass is 9.94. The highest BCUT2D eigenvalue weighted by Crippen LogP contribution is 2.38. The number of amides is 1. The SMILES string of the molecule is CCS(=O)(=O)N[C@@H]1[C@H](Cc2cccc(-c3cc(C)c(F)cc3F)c2F)N(C(=O)C2CCO2)CC1(F)F. The normalized spacial score (nSPS) is 23.5. The summed E-state index contributed by atoms with van der Waals surface area (Å²) in [5.41, 5.74) is -0.490. The van der Waals surface area contributed by atoms with Crippen molar-refractivity contribution in [3.05, 3.63) is 58.9 Å². The predicted molar refractivity (Wildman–Crippen MR) is 121 cm³/mol. The molecule has 0 saturated carbocycles. The number of hydrogen-bond acceptors (Lipinski definition) is 4. The zero-order chi connectivity index (χ0) is 26.4. The summed E-state index contributed by atoms with van der Waals surface area (Å²) in [6.07, 6.45) is -1.09. The molecule has 4 rings (SSSR count). The lowest BCUT2D eigenvalue weighted by Crippen LogP contribution is -2.54. The van der Waals surface area contributed by atoms with Gasteiger partial charge in [0.2, 0.25) is 10.0 Å². The van der Waals surface area contributed by atoms with Gasteiger partial charge in [-0.15, -0.1) is 0 Å². The van der Waals surface area contributed by atoms with E-state index < -0.39 is 76.2 Å². The standard InChI is InChI=1S/C24H25F5N2O4S/c1-3-36(33,34)30-22-19(31(12-24(22,28)29)23(32)20-7-8-35-20)10-14-5-4-6-15(21(14)27)16-9-13(2)17(25)11-18(16)26/h4-6,9,11,19-20,22,30H,3,7-8,10,12H2,1-2H3/t19-,20?,22+/m0/s1. The zero-order valence-corrected chi connectivity index (χ0v) is 20.3. The van der Waals surface area contributed by atoms with E-state index in [1.807, 2.05) is 4.72 Å². The first-order valence-corrected chi connectivity index (χ1v) is 13.0. The fourth-order valence-corrected chi connectivity index (χ4v) is 5.35. The van der Waals surface area contributed by atoms with Crippen molar-refractivity contribution in [1.82, 2.24) is 9.62 Å². The summed E-state index contributed by atoms with van der Waals surface area (Å²) in [6, 6.07) is 2.24. The first-order chi connectivity index (χ1) is 16.8. The monoisotopic (exact) mass is 532 g/mol. The minimum Gasteiger partial charge on any atom is -0.368 e. The Balaban J connectivity index is 1.75. The minimum absolute atomic E-state index is 0.0814. The van der Waals surface area contributed by atoms with E-state index in [9.17, 15) is 22.0 Å². The van der Waals surface area contributed by atoms with Crippen LogP contribution in [0.15, 0.2) is 30.3 Å². The van der Waals surface area contributed by atoms with Gasteiger partial charge in [0.05, 0.1) is 24.9 Å². The lowest BCUT2D eigenvalue weighted by Gasteiger charge is -2.34. The van der Waals surface area contributed by atoms with Crippen molar-refractivity contribution in [3.63, 3.8) is 0 Å². The fraction of sp³-hybridized carbons (Fsp3) is 0.458. The molecule has 1 amide bonds. The van der Waals surface area contributed by atoms with Crippen LogP contribution in [-0.4, -0.2) is 62.2 Å². The molecule has 196 valence electrons. The van der Waals surface area contributed by atoms with Gasteiger partial charge in [0.1, 0.15) is 29.6 Å². The predicted octanol–water partition coefficient (Wildman–Crippen LogP) is 3.56. The number of ether oxygens (including phenoxy) is 1. The molecule has 2 fully saturated rings. The van der Waals surface area contributed by atoms with E-state index in [0.717, 1.165) is 11.0 Å². The van der Waals surface area contributed by atoms with Gasteiger partial charge in [0.25, 0.3) is 11.8 Å². The number of alkyl halides is 2. The molecule has 2 aromatic carbocycles. The number of carbonyl (C=O) groups is 1. The van der Waals surface area contributed by atoms with Gasteiger partial charge < -0.3 is 9.64 Å². The molecule has 6 nitrogen and oxygen atoms in total. The maximum absolute atomic E-state index is 15.6. The Kier molecular flexibility index (Phi) is 7.15. The second kappa shape index (κ2) is 9.71. The number of halogens is 5. The number of hydrogen-bond donors (Lipinski definition) is 1. The Morgan fingerprint density at radius 3 is 2.47 bits per heavy atom. The molecule has 2 aliphatic heterocycles. The molecule has 0 aliphatic carbocycles. The van der Waals surface area contributed by atoms with Crippen molar-refractivity contribution in [2.75, 3.05) is 18.9 Å². The number of nitrogens with zero attached hydrogens (tertiary/aromatic N) is 1. The molecule has 0 radical (unpaired) electrons. The number of nitrogens with one attached hydrogen (secondary N) is 1. The molecule has 2 aromatic rings. The third-order valence-electron chi connectivity index (χ3n) is 6.61. The summed E-state index contributed by atoms with van der Waals surface area (Å²) < 4.78 is 105. The van der Waals surface area contributed by atoms with Crippen molar-refractivity contribution < 1.29 is 39.9 Å². The van der Waals surface area contributed by atoms with Crippen molar-refractivity contribution in [2.45, 2.75) is 50.8 Å². The molecule has 2 aliphatic rings. The maximum atomic E-state index is 15.6. The van der Waals surface area contributed by atoms with Crippen LogP contribution >= 0.6 is 0 Å². The summed E-state index contributed by atoms with van der Waals surface area (Å²) in [5.74, 6) is -7.60. The number of sulfonamides is 1.